The first-order chi connectivity index (χ1) is 3.80. The zero-order valence-electron chi connectivity index (χ0n) is 4.09. The van der Waals surface area contributed by atoms with Crippen LogP contribution in [0.5, 0.6) is 0 Å². The van der Waals surface area contributed by atoms with Gasteiger partial charge in [-0.15, -0.1) is 0 Å². The van der Waals surface area contributed by atoms with Crippen molar-refractivity contribution in [2.45, 2.75) is 0 Å². The van der Waals surface area contributed by atoms with Crippen molar-refractivity contribution in [3.63, 3.8) is 0 Å². The van der Waals surface area contributed by atoms with Crippen LogP contribution in [-0.2, 0) is 0 Å². The van der Waals surface area contributed by atoms with E-state index in [0.717, 1.165) is 0 Å². The average molecular weight is 111 g/mol. The molecule has 0 spiro atoms. The van der Waals surface area contributed by atoms with Gasteiger partial charge < -0.3 is 10.2 Å². The number of nitrogen functional groups attached to an aromatic ring is 1. The van der Waals surface area contributed by atoms with Crippen molar-refractivity contribution < 1.29 is 4.42 Å². The molecule has 4 heteroatoms. The van der Waals surface area contributed by atoms with Gasteiger partial charge in [0.1, 0.15) is 6.26 Å². The standard InChI is InChI=1S/C4H5N3O/c5-3(6)4-7-1-2-8-4/h1-2H,(H3,5,6). The van der Waals surface area contributed by atoms with Crippen LogP contribution in [0.3, 0.4) is 0 Å². The van der Waals surface area contributed by atoms with Crippen molar-refractivity contribution in [2.75, 3.05) is 0 Å². The summed E-state index contributed by atoms with van der Waals surface area (Å²) in [6, 6.07) is 0. The molecule has 0 saturated heterocycles. The maximum Gasteiger partial charge on any atom is 0.261 e. The van der Waals surface area contributed by atoms with Crippen LogP contribution in [0.4, 0.5) is 0 Å². The molecule has 0 aliphatic carbocycles. The number of amidine groups is 1. The molecular formula is C4H5N3O. The van der Waals surface area contributed by atoms with Crippen LogP contribution in [0.15, 0.2) is 16.9 Å². The van der Waals surface area contributed by atoms with Gasteiger partial charge in [-0.05, 0) is 0 Å². The van der Waals surface area contributed by atoms with E-state index in [1.54, 1.807) is 0 Å². The second kappa shape index (κ2) is 1.65. The minimum atomic E-state index is -0.144. The molecule has 0 aliphatic heterocycles. The minimum absolute atomic E-state index is 0.144. The van der Waals surface area contributed by atoms with Crippen molar-refractivity contribution in [3.05, 3.63) is 18.4 Å². The molecule has 3 N–H and O–H groups in total. The molecule has 0 amide bonds. The number of nitrogens with zero attached hydrogens (tertiary/aromatic N) is 1. The number of hydrogen-bond donors (Lipinski definition) is 2. The highest BCUT2D eigenvalue weighted by Crippen LogP contribution is 1.89. The van der Waals surface area contributed by atoms with Crippen LogP contribution in [0, 0.1) is 5.41 Å². The number of aromatic nitrogens is 1. The fraction of sp³-hybridized carbons (Fsp3) is 0. The Morgan fingerprint density at radius 3 is 2.88 bits per heavy atom. The number of rotatable bonds is 1. The number of nitrogens with two attached hydrogens (primary N) is 1. The van der Waals surface area contributed by atoms with Gasteiger partial charge in [-0.25, -0.2) is 4.98 Å². The Bertz CT molecular complexity index is 179. The van der Waals surface area contributed by atoms with Crippen molar-refractivity contribution in [1.82, 2.24) is 4.98 Å². The van der Waals surface area contributed by atoms with Crippen molar-refractivity contribution in [3.8, 4) is 0 Å². The summed E-state index contributed by atoms with van der Waals surface area (Å²) in [7, 11) is 0. The maximum atomic E-state index is 6.77. The predicted octanol–water partition coefficient (Wildman–Crippen LogP) is -0.0413. The summed E-state index contributed by atoms with van der Waals surface area (Å²) in [6.45, 7) is 0. The van der Waals surface area contributed by atoms with Gasteiger partial charge in [-0.2, -0.15) is 0 Å². The summed E-state index contributed by atoms with van der Waals surface area (Å²) in [5, 5.41) is 6.77. The molecule has 0 bridgehead atoms. The molecular weight excluding hydrogens is 106 g/mol. The van der Waals surface area contributed by atoms with E-state index >= 15 is 0 Å². The lowest BCUT2D eigenvalue weighted by Gasteiger charge is -1.82. The zero-order valence-corrected chi connectivity index (χ0v) is 4.09. The predicted molar refractivity (Wildman–Crippen MR) is 27.5 cm³/mol. The molecule has 4 nitrogen and oxygen atoms in total. The fourth-order valence-corrected chi connectivity index (χ4v) is 0.356. The Labute approximate surface area is 45.8 Å². The van der Waals surface area contributed by atoms with Gasteiger partial charge in [0.2, 0.25) is 0 Å². The summed E-state index contributed by atoms with van der Waals surface area (Å²) < 4.78 is 4.63. The van der Waals surface area contributed by atoms with Gasteiger partial charge in [0.25, 0.3) is 5.89 Å². The van der Waals surface area contributed by atoms with Crippen LogP contribution in [0.25, 0.3) is 0 Å². The Morgan fingerprint density at radius 2 is 2.62 bits per heavy atom. The Morgan fingerprint density at radius 1 is 1.88 bits per heavy atom. The maximum absolute atomic E-state index is 6.77. The second-order valence-corrected chi connectivity index (χ2v) is 1.25. The molecule has 1 aromatic rings. The largest absolute Gasteiger partial charge is 0.442 e. The summed E-state index contributed by atoms with van der Waals surface area (Å²) in [5.41, 5.74) is 4.99. The van der Waals surface area contributed by atoms with Gasteiger partial charge in [0, 0.05) is 0 Å². The van der Waals surface area contributed by atoms with Crippen LogP contribution < -0.4 is 5.73 Å². The van der Waals surface area contributed by atoms with E-state index < -0.39 is 0 Å². The van der Waals surface area contributed by atoms with Crippen molar-refractivity contribution in [1.29, 1.82) is 5.41 Å². The Hall–Kier alpha value is -1.32. The van der Waals surface area contributed by atoms with Gasteiger partial charge in [-0.1, -0.05) is 0 Å². The smallest absolute Gasteiger partial charge is 0.261 e. The molecule has 1 aromatic heterocycles. The fourth-order valence-electron chi connectivity index (χ4n) is 0.356. The average Bonchev–Trinajstić information content (AvgIpc) is 2.12. The first-order valence-electron chi connectivity index (χ1n) is 2.04. The minimum Gasteiger partial charge on any atom is -0.442 e. The number of hydrogen-bond acceptors (Lipinski definition) is 3. The van der Waals surface area contributed by atoms with E-state index in [0.29, 0.717) is 0 Å². The quantitative estimate of drug-likeness (QED) is 0.394. The summed E-state index contributed by atoms with van der Waals surface area (Å²) >= 11 is 0. The van der Waals surface area contributed by atoms with Crippen LogP contribution in [0.1, 0.15) is 5.89 Å². The normalized spacial score (nSPS) is 9.00. The van der Waals surface area contributed by atoms with Crippen LogP contribution in [-0.4, -0.2) is 10.8 Å². The molecule has 1 heterocycles. The lowest BCUT2D eigenvalue weighted by atomic mass is 10.6. The van der Waals surface area contributed by atoms with Crippen LogP contribution >= 0.6 is 0 Å². The first-order valence-corrected chi connectivity index (χ1v) is 2.04. The summed E-state index contributed by atoms with van der Waals surface area (Å²) in [4.78, 5) is 3.60. The monoisotopic (exact) mass is 111 g/mol. The topological polar surface area (TPSA) is 75.9 Å². The lowest BCUT2D eigenvalue weighted by Crippen LogP contribution is -2.10. The SMILES string of the molecule is N=C(N)c1ncco1. The highest BCUT2D eigenvalue weighted by atomic mass is 16.3. The van der Waals surface area contributed by atoms with E-state index in [1.807, 2.05) is 0 Å². The first kappa shape index (κ1) is 4.83. The lowest BCUT2D eigenvalue weighted by molar-refractivity contribution is 0.545. The highest BCUT2D eigenvalue weighted by molar-refractivity contribution is 5.90. The highest BCUT2D eigenvalue weighted by Gasteiger charge is 1.96. The molecule has 1 rings (SSSR count). The van der Waals surface area contributed by atoms with Gasteiger partial charge >= 0.3 is 0 Å². The van der Waals surface area contributed by atoms with E-state index in [2.05, 4.69) is 9.40 Å². The van der Waals surface area contributed by atoms with Crippen molar-refractivity contribution in [2.24, 2.45) is 5.73 Å². The van der Waals surface area contributed by atoms with Crippen molar-refractivity contribution >= 4 is 5.84 Å². The second-order valence-electron chi connectivity index (χ2n) is 1.25. The van der Waals surface area contributed by atoms with E-state index in [4.69, 9.17) is 11.1 Å². The third-order valence-corrected chi connectivity index (χ3v) is 0.663. The molecule has 0 fully saturated rings. The van der Waals surface area contributed by atoms with E-state index in [-0.39, 0.29) is 11.7 Å². The summed E-state index contributed by atoms with van der Waals surface area (Å²) in [6.07, 6.45) is 2.81. The zero-order chi connectivity index (χ0) is 5.98. The molecule has 0 radical (unpaired) electrons. The van der Waals surface area contributed by atoms with Gasteiger partial charge in [0.05, 0.1) is 6.20 Å². The third kappa shape index (κ3) is 0.676. The molecule has 8 heavy (non-hydrogen) atoms. The molecule has 0 saturated carbocycles. The molecule has 0 atom stereocenters. The Balaban J connectivity index is 2.93. The van der Waals surface area contributed by atoms with Crippen LogP contribution in [0.2, 0.25) is 0 Å². The molecule has 0 unspecified atom stereocenters. The van der Waals surface area contributed by atoms with E-state index in [9.17, 15) is 0 Å². The molecule has 42 valence electrons. The Kier molecular flexibility index (Phi) is 0.997. The summed E-state index contributed by atoms with van der Waals surface area (Å²) in [5.74, 6) is 0.0278. The van der Waals surface area contributed by atoms with E-state index in [1.165, 1.54) is 12.5 Å². The number of oxazole rings is 1. The molecule has 0 aromatic carbocycles. The third-order valence-electron chi connectivity index (χ3n) is 0.663. The molecule has 0 aliphatic rings. The van der Waals surface area contributed by atoms with Gasteiger partial charge in [-0.3, -0.25) is 5.41 Å². The number of nitrogens with one attached hydrogen (secondary N) is 1. The van der Waals surface area contributed by atoms with Gasteiger partial charge in [0.15, 0.2) is 5.84 Å².